The third-order valence-electron chi connectivity index (χ3n) is 3.73. The van der Waals surface area contributed by atoms with Crippen molar-refractivity contribution >= 4 is 44.9 Å². The smallest absolute Gasteiger partial charge is 0.263 e. The van der Waals surface area contributed by atoms with Gasteiger partial charge in [-0.05, 0) is 44.1 Å². The number of thioether (sulfide) groups is 1. The molecule has 0 spiro atoms. The summed E-state index contributed by atoms with van der Waals surface area (Å²) in [6.45, 7) is 3.97. The van der Waals surface area contributed by atoms with Gasteiger partial charge in [0.25, 0.3) is 5.91 Å². The molecule has 0 aliphatic carbocycles. The lowest BCUT2D eigenvalue weighted by Gasteiger charge is -2.22. The largest absolute Gasteiger partial charge is 0.397 e. The third kappa shape index (κ3) is 2.87. The number of carbonyl (C=O) groups is 1. The average Bonchev–Trinajstić information content (AvgIpc) is 2.77. The van der Waals surface area contributed by atoms with E-state index in [4.69, 9.17) is 5.73 Å². The fourth-order valence-corrected chi connectivity index (χ4v) is 4.93. The first-order chi connectivity index (χ1) is 10.1. The number of nitrogen functional groups attached to an aromatic ring is 1. The zero-order valence-electron chi connectivity index (χ0n) is 12.2. The molecular formula is C15H19N3OS2. The van der Waals surface area contributed by atoms with Crippen LogP contribution in [0.4, 0.5) is 5.69 Å². The van der Waals surface area contributed by atoms with Crippen molar-refractivity contribution in [2.75, 3.05) is 17.2 Å². The second kappa shape index (κ2) is 5.85. The number of hydrogen-bond donors (Lipinski definition) is 2. The maximum atomic E-state index is 12.5. The monoisotopic (exact) mass is 321 g/mol. The second-order valence-corrected chi connectivity index (χ2v) is 7.64. The fraction of sp³-hybridized carbons (Fsp3) is 0.467. The predicted octanol–water partition coefficient (Wildman–Crippen LogP) is 3.12. The number of amides is 1. The molecule has 1 aliphatic rings. The van der Waals surface area contributed by atoms with Crippen LogP contribution in [0.3, 0.4) is 0 Å². The van der Waals surface area contributed by atoms with E-state index >= 15 is 0 Å². The minimum atomic E-state index is -0.0555. The number of anilines is 1. The topological polar surface area (TPSA) is 68.0 Å². The lowest BCUT2D eigenvalue weighted by Crippen LogP contribution is -2.38. The van der Waals surface area contributed by atoms with E-state index in [1.165, 1.54) is 17.1 Å². The van der Waals surface area contributed by atoms with Gasteiger partial charge in [-0.25, -0.2) is 4.98 Å². The number of rotatable bonds is 2. The normalized spacial score (nSPS) is 18.9. The van der Waals surface area contributed by atoms with Crippen molar-refractivity contribution < 1.29 is 4.79 Å². The van der Waals surface area contributed by atoms with Gasteiger partial charge in [0.2, 0.25) is 0 Å². The van der Waals surface area contributed by atoms with Crippen molar-refractivity contribution in [1.29, 1.82) is 0 Å². The summed E-state index contributed by atoms with van der Waals surface area (Å²) >= 11 is 3.29. The van der Waals surface area contributed by atoms with E-state index in [-0.39, 0.29) is 11.9 Å². The molecule has 2 aromatic rings. The van der Waals surface area contributed by atoms with Gasteiger partial charge in [0, 0.05) is 22.9 Å². The Morgan fingerprint density at radius 2 is 2.29 bits per heavy atom. The Kier molecular flexibility index (Phi) is 4.08. The Morgan fingerprint density at radius 1 is 1.48 bits per heavy atom. The van der Waals surface area contributed by atoms with Gasteiger partial charge in [0.15, 0.2) is 0 Å². The molecular weight excluding hydrogens is 302 g/mol. The zero-order chi connectivity index (χ0) is 15.0. The summed E-state index contributed by atoms with van der Waals surface area (Å²) in [6.07, 6.45) is 2.22. The molecule has 3 rings (SSSR count). The highest BCUT2D eigenvalue weighted by Gasteiger charge is 2.22. The van der Waals surface area contributed by atoms with Gasteiger partial charge in [0.05, 0.1) is 5.69 Å². The minimum Gasteiger partial charge on any atom is -0.397 e. The van der Waals surface area contributed by atoms with E-state index in [0.717, 1.165) is 40.1 Å². The third-order valence-corrected chi connectivity index (χ3v) is 6.04. The molecule has 1 amide bonds. The van der Waals surface area contributed by atoms with E-state index in [0.29, 0.717) is 10.6 Å². The Hall–Kier alpha value is -1.27. The number of carbonyl (C=O) groups excluding carboxylic acids is 1. The Balaban J connectivity index is 1.91. The number of thiophene rings is 1. The average molecular weight is 321 g/mol. The molecule has 4 nitrogen and oxygen atoms in total. The molecule has 0 aromatic carbocycles. The Labute approximate surface area is 132 Å². The van der Waals surface area contributed by atoms with Crippen LogP contribution in [-0.2, 0) is 0 Å². The fourth-order valence-electron chi connectivity index (χ4n) is 2.74. The van der Waals surface area contributed by atoms with E-state index in [9.17, 15) is 4.79 Å². The van der Waals surface area contributed by atoms with Crippen LogP contribution in [0.2, 0.25) is 0 Å². The lowest BCUT2D eigenvalue weighted by atomic mass is 10.1. The van der Waals surface area contributed by atoms with E-state index in [1.54, 1.807) is 0 Å². The number of aryl methyl sites for hydroxylation is 2. The molecule has 3 N–H and O–H groups in total. The summed E-state index contributed by atoms with van der Waals surface area (Å²) in [5.41, 5.74) is 8.81. The lowest BCUT2D eigenvalue weighted by molar-refractivity contribution is 0.0943. The first-order valence-electron chi connectivity index (χ1n) is 7.11. The minimum absolute atomic E-state index is 0.0555. The van der Waals surface area contributed by atoms with Crippen molar-refractivity contribution in [3.63, 3.8) is 0 Å². The van der Waals surface area contributed by atoms with E-state index in [1.807, 2.05) is 31.7 Å². The molecule has 1 unspecified atom stereocenters. The first-order valence-corrected chi connectivity index (χ1v) is 9.08. The van der Waals surface area contributed by atoms with Crippen LogP contribution in [0.25, 0.3) is 10.2 Å². The molecule has 112 valence electrons. The highest BCUT2D eigenvalue weighted by molar-refractivity contribution is 7.99. The summed E-state index contributed by atoms with van der Waals surface area (Å²) in [7, 11) is 0. The van der Waals surface area contributed by atoms with Crippen molar-refractivity contribution in [2.45, 2.75) is 32.7 Å². The number of nitrogens with two attached hydrogens (primary N) is 1. The van der Waals surface area contributed by atoms with Crippen LogP contribution in [0.1, 0.15) is 33.8 Å². The SMILES string of the molecule is Cc1cc(C)c2c(N)c(C(=O)NC3CCCSC3)sc2n1. The van der Waals surface area contributed by atoms with Gasteiger partial charge >= 0.3 is 0 Å². The van der Waals surface area contributed by atoms with E-state index in [2.05, 4.69) is 10.3 Å². The van der Waals surface area contributed by atoms with Gasteiger partial charge < -0.3 is 11.1 Å². The molecule has 0 bridgehead atoms. The molecule has 0 saturated carbocycles. The van der Waals surface area contributed by atoms with Gasteiger partial charge in [-0.2, -0.15) is 11.8 Å². The van der Waals surface area contributed by atoms with Gasteiger partial charge in [0.1, 0.15) is 9.71 Å². The number of nitrogens with zero attached hydrogens (tertiary/aromatic N) is 1. The summed E-state index contributed by atoms with van der Waals surface area (Å²) in [5, 5.41) is 4.04. The highest BCUT2D eigenvalue weighted by atomic mass is 32.2. The maximum absolute atomic E-state index is 12.5. The molecule has 2 aromatic heterocycles. The molecule has 6 heteroatoms. The molecule has 1 atom stereocenters. The van der Waals surface area contributed by atoms with Crippen LogP contribution in [0.15, 0.2) is 6.07 Å². The number of nitrogens with one attached hydrogen (secondary N) is 1. The Morgan fingerprint density at radius 3 is 3.00 bits per heavy atom. The Bertz CT molecular complexity index is 690. The number of pyridine rings is 1. The zero-order valence-corrected chi connectivity index (χ0v) is 13.9. The number of aromatic nitrogens is 1. The summed E-state index contributed by atoms with van der Waals surface area (Å²) in [5.74, 6) is 2.13. The van der Waals surface area contributed by atoms with Gasteiger partial charge in [-0.3, -0.25) is 4.79 Å². The molecule has 1 fully saturated rings. The molecule has 3 heterocycles. The highest BCUT2D eigenvalue weighted by Crippen LogP contribution is 2.35. The van der Waals surface area contributed by atoms with Gasteiger partial charge in [-0.1, -0.05) is 0 Å². The summed E-state index contributed by atoms with van der Waals surface area (Å²) in [6, 6.07) is 2.27. The summed E-state index contributed by atoms with van der Waals surface area (Å²) in [4.78, 5) is 18.4. The van der Waals surface area contributed by atoms with Crippen molar-refractivity contribution in [3.05, 3.63) is 22.2 Å². The standard InChI is InChI=1S/C15H19N3OS2/c1-8-6-9(2)17-15-11(8)12(16)13(21-15)14(19)18-10-4-3-5-20-7-10/h6,10H,3-5,7,16H2,1-2H3,(H,18,19). The quantitative estimate of drug-likeness (QED) is 0.892. The van der Waals surface area contributed by atoms with Crippen molar-refractivity contribution in [3.8, 4) is 0 Å². The number of hydrogen-bond acceptors (Lipinski definition) is 5. The van der Waals surface area contributed by atoms with Crippen LogP contribution in [-0.4, -0.2) is 28.4 Å². The van der Waals surface area contributed by atoms with Crippen molar-refractivity contribution in [1.82, 2.24) is 10.3 Å². The van der Waals surface area contributed by atoms with Crippen LogP contribution < -0.4 is 11.1 Å². The first kappa shape index (κ1) is 14.7. The van der Waals surface area contributed by atoms with Gasteiger partial charge in [-0.15, -0.1) is 11.3 Å². The second-order valence-electron chi connectivity index (χ2n) is 5.49. The molecule has 1 aliphatic heterocycles. The summed E-state index contributed by atoms with van der Waals surface area (Å²) < 4.78 is 0. The molecule has 1 saturated heterocycles. The molecule has 0 radical (unpaired) electrons. The predicted molar refractivity (Wildman–Crippen MR) is 91.3 cm³/mol. The van der Waals surface area contributed by atoms with Crippen LogP contribution in [0, 0.1) is 13.8 Å². The van der Waals surface area contributed by atoms with Crippen molar-refractivity contribution in [2.24, 2.45) is 0 Å². The molecule has 21 heavy (non-hydrogen) atoms. The van der Waals surface area contributed by atoms with Crippen LogP contribution >= 0.6 is 23.1 Å². The van der Waals surface area contributed by atoms with E-state index < -0.39 is 0 Å². The number of fused-ring (bicyclic) bond motifs is 1. The maximum Gasteiger partial charge on any atom is 0.263 e. The van der Waals surface area contributed by atoms with Crippen LogP contribution in [0.5, 0.6) is 0 Å².